The number of nitrogen functional groups attached to an aromatic ring is 1. The number of hydrogen-bond acceptors (Lipinski definition) is 7. The minimum absolute atomic E-state index is 0.0151. The van der Waals surface area contributed by atoms with Gasteiger partial charge in [-0.25, -0.2) is 14.4 Å². The molecule has 1 aromatic carbocycles. The molecular weight excluding hydrogens is 401 g/mol. The second-order valence-electron chi connectivity index (χ2n) is 7.15. The number of aromatic nitrogens is 4. The van der Waals surface area contributed by atoms with Gasteiger partial charge in [-0.1, -0.05) is 18.2 Å². The van der Waals surface area contributed by atoms with Crippen molar-refractivity contribution in [2.75, 3.05) is 11.1 Å². The summed E-state index contributed by atoms with van der Waals surface area (Å²) in [6.45, 7) is 0.0642. The number of hydrogen-bond donors (Lipinski definition) is 4. The molecule has 5 N–H and O–H groups in total. The molecule has 2 aromatic heterocycles. The van der Waals surface area contributed by atoms with Crippen LogP contribution in [0.1, 0.15) is 24.1 Å². The van der Waals surface area contributed by atoms with E-state index in [0.29, 0.717) is 22.6 Å². The van der Waals surface area contributed by atoms with Crippen LogP contribution in [-0.4, -0.2) is 36.5 Å². The van der Waals surface area contributed by atoms with Crippen LogP contribution in [0.4, 0.5) is 15.9 Å². The van der Waals surface area contributed by atoms with E-state index >= 15 is 0 Å². The van der Waals surface area contributed by atoms with Crippen LogP contribution in [0.5, 0.6) is 0 Å². The first kappa shape index (κ1) is 20.2. The number of benzene rings is 1. The van der Waals surface area contributed by atoms with E-state index in [1.807, 2.05) is 0 Å². The van der Waals surface area contributed by atoms with Crippen molar-refractivity contribution in [1.82, 2.24) is 19.7 Å². The molecule has 0 bridgehead atoms. The third kappa shape index (κ3) is 4.42. The number of aliphatic hydroxyl groups excluding tert-OH is 1. The standard InChI is InChI=1S/C21H20FN7O2/c22-14-4-2-1-3-13(14)11-29-18(15(23)7-8-30)9-16(28-29)20-25-10-17(19(24)27-20)26-21(31)12-5-6-12/h1-4,7-10,12,23,30H,5-6,11H2,(H,26,31)(H2,24,25,27)/b8-7-,23-15?. The first-order valence-corrected chi connectivity index (χ1v) is 9.61. The van der Waals surface area contributed by atoms with Gasteiger partial charge in [-0.2, -0.15) is 5.10 Å². The Balaban J connectivity index is 1.66. The van der Waals surface area contributed by atoms with Gasteiger partial charge in [0.1, 0.15) is 17.2 Å². The molecule has 0 unspecified atom stereocenters. The number of carbonyl (C=O) groups excluding carboxylic acids is 1. The Morgan fingerprint density at radius 1 is 1.39 bits per heavy atom. The summed E-state index contributed by atoms with van der Waals surface area (Å²) >= 11 is 0. The van der Waals surface area contributed by atoms with Crippen LogP contribution < -0.4 is 11.1 Å². The highest BCUT2D eigenvalue weighted by Crippen LogP contribution is 2.31. The molecule has 4 rings (SSSR count). The molecule has 0 atom stereocenters. The topological polar surface area (TPSA) is 143 Å². The van der Waals surface area contributed by atoms with Gasteiger partial charge in [-0.05, 0) is 31.1 Å². The maximum Gasteiger partial charge on any atom is 0.227 e. The van der Waals surface area contributed by atoms with Crippen molar-refractivity contribution in [3.05, 3.63) is 65.9 Å². The van der Waals surface area contributed by atoms with E-state index in [4.69, 9.17) is 16.2 Å². The molecule has 10 heteroatoms. The van der Waals surface area contributed by atoms with Crippen molar-refractivity contribution in [3.63, 3.8) is 0 Å². The van der Waals surface area contributed by atoms with Gasteiger partial charge in [0.05, 0.1) is 30.4 Å². The van der Waals surface area contributed by atoms with Gasteiger partial charge in [0.15, 0.2) is 11.6 Å². The molecule has 2 heterocycles. The molecule has 1 amide bonds. The van der Waals surface area contributed by atoms with Crippen molar-refractivity contribution in [2.45, 2.75) is 19.4 Å². The van der Waals surface area contributed by atoms with E-state index in [9.17, 15) is 9.18 Å². The fourth-order valence-corrected chi connectivity index (χ4v) is 3.01. The Labute approximate surface area is 177 Å². The minimum atomic E-state index is -0.397. The number of nitrogens with two attached hydrogens (primary N) is 1. The van der Waals surface area contributed by atoms with Crippen LogP contribution >= 0.6 is 0 Å². The summed E-state index contributed by atoms with van der Waals surface area (Å²) in [6, 6.07) is 7.82. The maximum atomic E-state index is 14.1. The molecule has 158 valence electrons. The predicted molar refractivity (Wildman–Crippen MR) is 113 cm³/mol. The van der Waals surface area contributed by atoms with Crippen molar-refractivity contribution < 1.29 is 14.3 Å². The predicted octanol–water partition coefficient (Wildman–Crippen LogP) is 2.90. The molecule has 1 aliphatic carbocycles. The number of anilines is 2. The van der Waals surface area contributed by atoms with Crippen molar-refractivity contribution in [3.8, 4) is 11.5 Å². The molecule has 1 saturated carbocycles. The number of rotatable bonds is 7. The van der Waals surface area contributed by atoms with Gasteiger partial charge >= 0.3 is 0 Å². The Morgan fingerprint density at radius 2 is 2.16 bits per heavy atom. The van der Waals surface area contributed by atoms with E-state index in [0.717, 1.165) is 19.1 Å². The normalized spacial score (nSPS) is 13.5. The molecule has 9 nitrogen and oxygen atoms in total. The molecule has 31 heavy (non-hydrogen) atoms. The summed E-state index contributed by atoms with van der Waals surface area (Å²) in [7, 11) is 0. The lowest BCUT2D eigenvalue weighted by atomic mass is 10.2. The zero-order chi connectivity index (χ0) is 22.0. The van der Waals surface area contributed by atoms with E-state index < -0.39 is 5.82 Å². The number of amides is 1. The largest absolute Gasteiger partial charge is 0.516 e. The van der Waals surface area contributed by atoms with E-state index in [1.165, 1.54) is 23.0 Å². The number of allylic oxidation sites excluding steroid dienone is 1. The summed E-state index contributed by atoms with van der Waals surface area (Å²) in [5.74, 6) is -0.207. The zero-order valence-corrected chi connectivity index (χ0v) is 16.4. The minimum Gasteiger partial charge on any atom is -0.516 e. The average Bonchev–Trinajstić information content (AvgIpc) is 3.52. The van der Waals surface area contributed by atoms with Crippen molar-refractivity contribution in [2.24, 2.45) is 5.92 Å². The number of nitrogens with zero attached hydrogens (tertiary/aromatic N) is 4. The van der Waals surface area contributed by atoms with Crippen molar-refractivity contribution in [1.29, 1.82) is 5.41 Å². The highest BCUT2D eigenvalue weighted by Gasteiger charge is 2.30. The quantitative estimate of drug-likeness (QED) is 0.341. The SMILES string of the molecule is N=C(/C=C\O)c1cc(-c2ncc(NC(=O)C3CC3)c(N)n2)nn1Cc1ccccc1F. The smallest absolute Gasteiger partial charge is 0.227 e. The second kappa shape index (κ2) is 8.34. The lowest BCUT2D eigenvalue weighted by Gasteiger charge is -2.08. The van der Waals surface area contributed by atoms with Crippen LogP contribution in [0.15, 0.2) is 48.9 Å². The Hall–Kier alpha value is -4.08. The first-order chi connectivity index (χ1) is 15.0. The van der Waals surface area contributed by atoms with E-state index in [-0.39, 0.29) is 35.7 Å². The molecule has 0 saturated heterocycles. The molecule has 0 spiro atoms. The van der Waals surface area contributed by atoms with Crippen LogP contribution in [0.3, 0.4) is 0 Å². The van der Waals surface area contributed by atoms with Crippen LogP contribution in [-0.2, 0) is 11.3 Å². The van der Waals surface area contributed by atoms with Gasteiger partial charge in [-0.15, -0.1) is 0 Å². The molecule has 1 aliphatic rings. The highest BCUT2D eigenvalue weighted by atomic mass is 19.1. The number of nitrogens with one attached hydrogen (secondary N) is 2. The fourth-order valence-electron chi connectivity index (χ4n) is 3.01. The van der Waals surface area contributed by atoms with Gasteiger partial charge in [0.25, 0.3) is 0 Å². The van der Waals surface area contributed by atoms with Crippen LogP contribution in [0.25, 0.3) is 11.5 Å². The van der Waals surface area contributed by atoms with E-state index in [2.05, 4.69) is 20.4 Å². The average molecular weight is 421 g/mol. The van der Waals surface area contributed by atoms with Gasteiger partial charge in [0.2, 0.25) is 5.91 Å². The van der Waals surface area contributed by atoms with Gasteiger partial charge in [-0.3, -0.25) is 14.9 Å². The third-order valence-corrected chi connectivity index (χ3v) is 4.83. The van der Waals surface area contributed by atoms with Gasteiger partial charge < -0.3 is 16.2 Å². The number of aliphatic hydroxyl groups is 1. The first-order valence-electron chi connectivity index (χ1n) is 9.61. The van der Waals surface area contributed by atoms with Crippen LogP contribution in [0, 0.1) is 17.1 Å². The Kier molecular flexibility index (Phi) is 5.44. The molecular formula is C21H20FN7O2. The molecule has 1 fully saturated rings. The molecule has 3 aromatic rings. The summed E-state index contributed by atoms with van der Waals surface area (Å²) in [5.41, 5.74) is 7.31. The fraction of sp³-hybridized carbons (Fsp3) is 0.190. The van der Waals surface area contributed by atoms with Crippen LogP contribution in [0.2, 0.25) is 0 Å². The summed E-state index contributed by atoms with van der Waals surface area (Å²) in [5, 5.41) is 24.3. The molecule has 0 radical (unpaired) electrons. The van der Waals surface area contributed by atoms with Crippen molar-refractivity contribution >= 4 is 23.1 Å². The Morgan fingerprint density at radius 3 is 2.84 bits per heavy atom. The lowest BCUT2D eigenvalue weighted by molar-refractivity contribution is -0.117. The second-order valence-corrected chi connectivity index (χ2v) is 7.15. The summed E-state index contributed by atoms with van der Waals surface area (Å²) in [4.78, 5) is 20.4. The summed E-state index contributed by atoms with van der Waals surface area (Å²) < 4.78 is 15.6. The highest BCUT2D eigenvalue weighted by molar-refractivity contribution is 6.05. The summed E-state index contributed by atoms with van der Waals surface area (Å²) in [6.07, 6.45) is 5.06. The lowest BCUT2D eigenvalue weighted by Crippen LogP contribution is -2.15. The van der Waals surface area contributed by atoms with Gasteiger partial charge in [0, 0.05) is 11.5 Å². The zero-order valence-electron chi connectivity index (χ0n) is 16.4. The maximum absolute atomic E-state index is 14.1. The molecule has 0 aliphatic heterocycles. The third-order valence-electron chi connectivity index (χ3n) is 4.83. The monoisotopic (exact) mass is 421 g/mol. The van der Waals surface area contributed by atoms with E-state index in [1.54, 1.807) is 24.3 Å². The Bertz CT molecular complexity index is 1180. The number of halogens is 1. The number of carbonyl (C=O) groups is 1.